The number of hydrogen-bond donors (Lipinski definition) is 0. The van der Waals surface area contributed by atoms with Gasteiger partial charge in [-0.15, -0.1) is 0 Å². The molecule has 35 heavy (non-hydrogen) atoms. The molecule has 2 fully saturated rings. The first-order valence-corrected chi connectivity index (χ1v) is 15.3. The van der Waals surface area contributed by atoms with Gasteiger partial charge in [-0.3, -0.25) is 9.59 Å². The highest BCUT2D eigenvalue weighted by molar-refractivity contribution is 7.69. The molecule has 4 rings (SSSR count). The number of rotatable bonds is 4. The van der Waals surface area contributed by atoms with E-state index in [0.29, 0.717) is 37.2 Å². The van der Waals surface area contributed by atoms with Crippen LogP contribution in [-0.4, -0.2) is 32.2 Å². The second-order valence-corrected chi connectivity index (χ2v) is 19.9. The number of carbonyl (C=O) groups excluding carboxylic acids is 2. The van der Waals surface area contributed by atoms with Gasteiger partial charge in [-0.1, -0.05) is 108 Å². The third-order valence-corrected chi connectivity index (χ3v) is 14.6. The Morgan fingerprint density at radius 3 is 1.14 bits per heavy atom. The fourth-order valence-electron chi connectivity index (χ4n) is 6.89. The molecule has 2 aromatic carbocycles. The highest BCUT2D eigenvalue weighted by Crippen LogP contribution is 2.67. The Bertz CT molecular complexity index is 1020. The van der Waals surface area contributed by atoms with E-state index in [1.54, 1.807) is 0 Å². The van der Waals surface area contributed by atoms with Crippen molar-refractivity contribution in [3.63, 3.8) is 0 Å². The fraction of sp³-hybridized carbons (Fsp3) is 0.533. The Morgan fingerprint density at radius 1 is 0.543 bits per heavy atom. The minimum absolute atomic E-state index is 0.0923. The predicted octanol–water partition coefficient (Wildman–Crippen LogP) is 7.53. The van der Waals surface area contributed by atoms with Crippen LogP contribution in [0.3, 0.4) is 0 Å². The van der Waals surface area contributed by atoms with E-state index in [2.05, 4.69) is 91.8 Å². The van der Waals surface area contributed by atoms with Gasteiger partial charge in [-0.2, -0.15) is 0 Å². The standard InChI is InChI=1S/C30H40O3P2/c1-27(2)17-21(31)18-28(3,4)34(27)25-15-11-9-13-23(25)33-24-14-10-12-16-26(24)35-29(5,6)19-22(32)20-30(35,7)8/h9-16H,17-20H2,1-8H3. The summed E-state index contributed by atoms with van der Waals surface area (Å²) in [6.07, 6.45) is 2.48. The average molecular weight is 511 g/mol. The van der Waals surface area contributed by atoms with Crippen LogP contribution in [0.25, 0.3) is 0 Å². The first kappa shape index (κ1) is 26.5. The van der Waals surface area contributed by atoms with E-state index in [9.17, 15) is 9.59 Å². The van der Waals surface area contributed by atoms with E-state index in [4.69, 9.17) is 4.74 Å². The summed E-state index contributed by atoms with van der Waals surface area (Å²) >= 11 is 0. The molecule has 2 aliphatic rings. The minimum atomic E-state index is -0.650. The highest BCUT2D eigenvalue weighted by Gasteiger charge is 2.50. The summed E-state index contributed by atoms with van der Waals surface area (Å²) in [6.45, 7) is 18.0. The maximum Gasteiger partial charge on any atom is 0.135 e. The van der Waals surface area contributed by atoms with Gasteiger partial charge in [0.15, 0.2) is 0 Å². The van der Waals surface area contributed by atoms with Crippen molar-refractivity contribution in [2.45, 2.75) is 102 Å². The molecule has 0 spiro atoms. The van der Waals surface area contributed by atoms with Crippen LogP contribution in [-0.2, 0) is 9.59 Å². The molecular weight excluding hydrogens is 470 g/mol. The maximum atomic E-state index is 12.6. The summed E-state index contributed by atoms with van der Waals surface area (Å²) < 4.78 is 6.84. The van der Waals surface area contributed by atoms with Crippen molar-refractivity contribution >= 4 is 38.0 Å². The van der Waals surface area contributed by atoms with E-state index in [-0.39, 0.29) is 20.6 Å². The third-order valence-electron chi connectivity index (χ3n) is 7.37. The second-order valence-electron chi connectivity index (χ2n) is 12.7. The number of hydrogen-bond acceptors (Lipinski definition) is 3. The van der Waals surface area contributed by atoms with Crippen LogP contribution >= 0.6 is 15.8 Å². The molecule has 3 nitrogen and oxygen atoms in total. The Balaban J connectivity index is 1.79. The van der Waals surface area contributed by atoms with Gasteiger partial charge in [0.25, 0.3) is 0 Å². The van der Waals surface area contributed by atoms with Gasteiger partial charge in [0.1, 0.15) is 23.1 Å². The smallest absolute Gasteiger partial charge is 0.135 e. The van der Waals surface area contributed by atoms with Crippen LogP contribution in [0.15, 0.2) is 48.5 Å². The zero-order valence-electron chi connectivity index (χ0n) is 22.6. The van der Waals surface area contributed by atoms with Crippen LogP contribution in [0.5, 0.6) is 11.5 Å². The Kier molecular flexibility index (Phi) is 6.87. The first-order chi connectivity index (χ1) is 16.1. The molecule has 2 aliphatic heterocycles. The topological polar surface area (TPSA) is 43.4 Å². The second kappa shape index (κ2) is 9.08. The van der Waals surface area contributed by atoms with E-state index in [1.807, 2.05) is 12.1 Å². The van der Waals surface area contributed by atoms with E-state index in [1.165, 1.54) is 10.6 Å². The Labute approximate surface area is 213 Å². The van der Waals surface area contributed by atoms with Crippen molar-refractivity contribution in [1.29, 1.82) is 0 Å². The SMILES string of the molecule is CC1(C)CC(=O)CC(C)(C)P1c1ccccc1Oc1ccccc1P1C(C)(C)CC(=O)CC1(C)C. The molecule has 0 saturated carbocycles. The monoisotopic (exact) mass is 510 g/mol. The van der Waals surface area contributed by atoms with Gasteiger partial charge in [0, 0.05) is 36.3 Å². The molecule has 2 heterocycles. The lowest BCUT2D eigenvalue weighted by Crippen LogP contribution is -2.44. The Hall–Kier alpha value is -1.56. The molecule has 0 amide bonds. The third kappa shape index (κ3) is 5.14. The van der Waals surface area contributed by atoms with Crippen LogP contribution in [0.4, 0.5) is 0 Å². The van der Waals surface area contributed by atoms with E-state index >= 15 is 0 Å². The number of Topliss-reactive ketones (excluding diaryl/α,β-unsaturated/α-hetero) is 2. The lowest BCUT2D eigenvalue weighted by molar-refractivity contribution is -0.121. The quantitative estimate of drug-likeness (QED) is 0.399. The molecule has 0 bridgehead atoms. The average Bonchev–Trinajstić information content (AvgIpc) is 2.66. The van der Waals surface area contributed by atoms with Gasteiger partial charge in [0.05, 0.1) is 0 Å². The lowest BCUT2D eigenvalue weighted by Gasteiger charge is -2.50. The molecule has 0 N–H and O–H groups in total. The molecule has 0 atom stereocenters. The normalized spacial score (nSPS) is 23.8. The van der Waals surface area contributed by atoms with Gasteiger partial charge >= 0.3 is 0 Å². The lowest BCUT2D eigenvalue weighted by atomic mass is 9.96. The summed E-state index contributed by atoms with van der Waals surface area (Å²) in [5.74, 6) is 2.53. The summed E-state index contributed by atoms with van der Waals surface area (Å²) in [4.78, 5) is 25.1. The number of carbonyl (C=O) groups is 2. The zero-order valence-corrected chi connectivity index (χ0v) is 24.4. The van der Waals surface area contributed by atoms with Crippen LogP contribution < -0.4 is 15.3 Å². The van der Waals surface area contributed by atoms with E-state index < -0.39 is 15.8 Å². The van der Waals surface area contributed by atoms with Gasteiger partial charge in [-0.25, -0.2) is 0 Å². The van der Waals surface area contributed by atoms with Crippen LogP contribution in [0, 0.1) is 0 Å². The van der Waals surface area contributed by atoms with Crippen molar-refractivity contribution in [1.82, 2.24) is 0 Å². The molecule has 188 valence electrons. The van der Waals surface area contributed by atoms with Crippen molar-refractivity contribution < 1.29 is 14.3 Å². The highest BCUT2D eigenvalue weighted by atomic mass is 31.1. The van der Waals surface area contributed by atoms with Gasteiger partial charge in [-0.05, 0) is 32.8 Å². The molecule has 0 aromatic heterocycles. The molecule has 5 heteroatoms. The van der Waals surface area contributed by atoms with E-state index in [0.717, 1.165) is 11.5 Å². The summed E-state index contributed by atoms with van der Waals surface area (Å²) in [5.41, 5.74) is 0. The van der Waals surface area contributed by atoms with Gasteiger partial charge in [0.2, 0.25) is 0 Å². The molecule has 0 radical (unpaired) electrons. The number of para-hydroxylation sites is 2. The molecular formula is C30H40O3P2. The predicted molar refractivity (Wildman–Crippen MR) is 151 cm³/mol. The minimum Gasteiger partial charge on any atom is -0.456 e. The molecule has 0 aliphatic carbocycles. The summed E-state index contributed by atoms with van der Waals surface area (Å²) in [7, 11) is -1.30. The summed E-state index contributed by atoms with van der Waals surface area (Å²) in [6, 6.07) is 16.9. The largest absolute Gasteiger partial charge is 0.456 e. The molecule has 2 saturated heterocycles. The number of ether oxygens (including phenoxy) is 1. The first-order valence-electron chi connectivity index (χ1n) is 12.6. The summed E-state index contributed by atoms with van der Waals surface area (Å²) in [5, 5.41) is 2.11. The van der Waals surface area contributed by atoms with Crippen molar-refractivity contribution in [3.05, 3.63) is 48.5 Å². The van der Waals surface area contributed by atoms with Crippen molar-refractivity contribution in [2.24, 2.45) is 0 Å². The zero-order chi connectivity index (χ0) is 25.8. The maximum absolute atomic E-state index is 12.6. The van der Waals surface area contributed by atoms with Crippen LogP contribution in [0.1, 0.15) is 81.1 Å². The molecule has 0 unspecified atom stereocenters. The van der Waals surface area contributed by atoms with Crippen LogP contribution in [0.2, 0.25) is 0 Å². The van der Waals surface area contributed by atoms with Gasteiger partial charge < -0.3 is 4.74 Å². The fourth-order valence-corrected chi connectivity index (χ4v) is 15.3. The van der Waals surface area contributed by atoms with Crippen molar-refractivity contribution in [3.8, 4) is 11.5 Å². The number of benzene rings is 2. The van der Waals surface area contributed by atoms with Crippen molar-refractivity contribution in [2.75, 3.05) is 0 Å². The number of ketones is 2. The Morgan fingerprint density at radius 2 is 0.829 bits per heavy atom. The molecule has 2 aromatic rings.